The minimum absolute atomic E-state index is 0.257. The van der Waals surface area contributed by atoms with Crippen LogP contribution in [0.4, 0.5) is 0 Å². The van der Waals surface area contributed by atoms with E-state index in [1.54, 1.807) is 0 Å². The second-order valence-electron chi connectivity index (χ2n) is 4.24. The molecule has 0 fully saturated rings. The Bertz CT molecular complexity index is 185. The Kier molecular flexibility index (Phi) is 9.24. The van der Waals surface area contributed by atoms with Gasteiger partial charge in [-0.1, -0.05) is 19.8 Å². The van der Waals surface area contributed by atoms with Gasteiger partial charge >= 0.3 is 5.97 Å². The Labute approximate surface area is 98.6 Å². The zero-order valence-electron chi connectivity index (χ0n) is 10.7. The normalized spacial score (nSPS) is 12.8. The first-order chi connectivity index (χ1) is 7.60. The van der Waals surface area contributed by atoms with Gasteiger partial charge in [-0.05, 0) is 26.4 Å². The molecule has 0 aromatic rings. The van der Waals surface area contributed by atoms with Crippen LogP contribution in [0.3, 0.4) is 0 Å². The fourth-order valence-electron chi connectivity index (χ4n) is 1.56. The number of ether oxygens (including phenoxy) is 1. The molecule has 0 radical (unpaired) electrons. The minimum Gasteiger partial charge on any atom is -0.469 e. The van der Waals surface area contributed by atoms with Crippen LogP contribution in [0.15, 0.2) is 0 Å². The molecule has 0 aromatic carbocycles. The van der Waals surface area contributed by atoms with Crippen molar-refractivity contribution in [3.05, 3.63) is 0 Å². The molecule has 1 atom stereocenters. The van der Waals surface area contributed by atoms with Crippen LogP contribution in [-0.2, 0) is 9.53 Å². The van der Waals surface area contributed by atoms with Crippen LogP contribution in [0.2, 0.25) is 0 Å². The molecule has 0 rings (SSSR count). The van der Waals surface area contributed by atoms with Crippen molar-refractivity contribution in [1.29, 1.82) is 0 Å². The third kappa shape index (κ3) is 8.68. The predicted octanol–water partition coefficient (Wildman–Crippen LogP) is 1.42. The van der Waals surface area contributed by atoms with Crippen molar-refractivity contribution in [3.8, 4) is 0 Å². The molecule has 0 amide bonds. The number of carbonyl (C=O) groups excluding carboxylic acids is 1. The second kappa shape index (κ2) is 9.60. The first kappa shape index (κ1) is 15.4. The van der Waals surface area contributed by atoms with Gasteiger partial charge in [-0.15, -0.1) is 0 Å². The van der Waals surface area contributed by atoms with Crippen molar-refractivity contribution in [1.82, 2.24) is 4.90 Å². The van der Waals surface area contributed by atoms with Crippen molar-refractivity contribution < 1.29 is 14.6 Å². The smallest absolute Gasteiger partial charge is 0.305 e. The van der Waals surface area contributed by atoms with Crippen molar-refractivity contribution >= 4 is 5.97 Å². The molecule has 0 aliphatic carbocycles. The molecule has 4 heteroatoms. The molecule has 0 heterocycles. The number of aliphatic hydroxyl groups is 1. The van der Waals surface area contributed by atoms with Crippen LogP contribution in [0.1, 0.15) is 39.0 Å². The molecule has 4 nitrogen and oxygen atoms in total. The zero-order valence-corrected chi connectivity index (χ0v) is 10.7. The Morgan fingerprint density at radius 3 is 2.69 bits per heavy atom. The Morgan fingerprint density at radius 2 is 2.12 bits per heavy atom. The monoisotopic (exact) mass is 231 g/mol. The molecule has 1 unspecified atom stereocenters. The highest BCUT2D eigenvalue weighted by atomic mass is 16.5. The van der Waals surface area contributed by atoms with Crippen LogP contribution >= 0.6 is 0 Å². The summed E-state index contributed by atoms with van der Waals surface area (Å²) >= 11 is 0. The predicted molar refractivity (Wildman–Crippen MR) is 64.3 cm³/mol. The van der Waals surface area contributed by atoms with Gasteiger partial charge in [0, 0.05) is 13.0 Å². The number of carbonyl (C=O) groups is 1. The van der Waals surface area contributed by atoms with Gasteiger partial charge in [-0.3, -0.25) is 4.79 Å². The van der Waals surface area contributed by atoms with Crippen LogP contribution in [0.25, 0.3) is 0 Å². The van der Waals surface area contributed by atoms with Crippen molar-refractivity contribution in [2.24, 2.45) is 0 Å². The summed E-state index contributed by atoms with van der Waals surface area (Å²) in [5, 5.41) is 9.67. The summed E-state index contributed by atoms with van der Waals surface area (Å²) in [5.74, 6) is -0.257. The molecule has 0 bridgehead atoms. The Balaban J connectivity index is 3.53. The fourth-order valence-corrected chi connectivity index (χ4v) is 1.56. The summed E-state index contributed by atoms with van der Waals surface area (Å²) in [6, 6.07) is 0. The largest absolute Gasteiger partial charge is 0.469 e. The number of hydrogen-bond acceptors (Lipinski definition) is 4. The number of hydrogen-bond donors (Lipinski definition) is 1. The lowest BCUT2D eigenvalue weighted by atomic mass is 10.2. The van der Waals surface area contributed by atoms with Crippen molar-refractivity contribution in [2.45, 2.75) is 45.1 Å². The van der Waals surface area contributed by atoms with E-state index >= 15 is 0 Å². The van der Waals surface area contributed by atoms with E-state index < -0.39 is 6.10 Å². The molecular formula is C12H25NO3. The first-order valence-corrected chi connectivity index (χ1v) is 6.03. The van der Waals surface area contributed by atoms with Gasteiger partial charge in [-0.25, -0.2) is 0 Å². The lowest BCUT2D eigenvalue weighted by Crippen LogP contribution is -2.30. The van der Waals surface area contributed by atoms with Crippen molar-refractivity contribution in [2.75, 3.05) is 27.2 Å². The average Bonchev–Trinajstić information content (AvgIpc) is 2.26. The lowest BCUT2D eigenvalue weighted by Gasteiger charge is -2.20. The van der Waals surface area contributed by atoms with Gasteiger partial charge in [0.15, 0.2) is 0 Å². The summed E-state index contributed by atoms with van der Waals surface area (Å²) < 4.78 is 4.52. The third-order valence-electron chi connectivity index (χ3n) is 2.58. The van der Waals surface area contributed by atoms with Crippen LogP contribution < -0.4 is 0 Å². The Hall–Kier alpha value is -0.610. The number of rotatable bonds is 9. The molecule has 0 aliphatic rings. The van der Waals surface area contributed by atoms with Crippen molar-refractivity contribution in [3.63, 3.8) is 0 Å². The van der Waals surface area contributed by atoms with E-state index in [-0.39, 0.29) is 5.97 Å². The standard InChI is InChI=1S/C12H25NO3/c1-4-5-6-9-13(2)10-11(14)7-8-12(15)16-3/h11,14H,4-10H2,1-3H3. The van der Waals surface area contributed by atoms with Crippen LogP contribution in [0, 0.1) is 0 Å². The van der Waals surface area contributed by atoms with Gasteiger partial charge in [0.25, 0.3) is 0 Å². The van der Waals surface area contributed by atoms with Gasteiger partial charge in [0.1, 0.15) is 0 Å². The van der Waals surface area contributed by atoms with E-state index in [9.17, 15) is 9.90 Å². The highest BCUT2D eigenvalue weighted by Crippen LogP contribution is 2.02. The average molecular weight is 231 g/mol. The van der Waals surface area contributed by atoms with E-state index in [4.69, 9.17) is 0 Å². The highest BCUT2D eigenvalue weighted by Gasteiger charge is 2.10. The summed E-state index contributed by atoms with van der Waals surface area (Å²) in [4.78, 5) is 13.0. The number of unbranched alkanes of at least 4 members (excludes halogenated alkanes) is 2. The number of methoxy groups -OCH3 is 1. The molecule has 1 N–H and O–H groups in total. The maximum absolute atomic E-state index is 10.9. The van der Waals surface area contributed by atoms with Gasteiger partial charge in [-0.2, -0.15) is 0 Å². The summed E-state index contributed by atoms with van der Waals surface area (Å²) in [5.41, 5.74) is 0. The van der Waals surface area contributed by atoms with E-state index in [1.807, 2.05) is 7.05 Å². The first-order valence-electron chi connectivity index (χ1n) is 6.03. The van der Waals surface area contributed by atoms with E-state index in [0.29, 0.717) is 19.4 Å². The highest BCUT2D eigenvalue weighted by molar-refractivity contribution is 5.69. The molecule has 0 saturated heterocycles. The van der Waals surface area contributed by atoms with Crippen LogP contribution in [0.5, 0.6) is 0 Å². The second-order valence-corrected chi connectivity index (χ2v) is 4.24. The number of likely N-dealkylation sites (N-methyl/N-ethyl adjacent to an activating group) is 1. The summed E-state index contributed by atoms with van der Waals surface area (Å²) in [6.07, 6.45) is 3.93. The molecule has 0 spiro atoms. The van der Waals surface area contributed by atoms with E-state index in [0.717, 1.165) is 13.0 Å². The topological polar surface area (TPSA) is 49.8 Å². The Morgan fingerprint density at radius 1 is 1.44 bits per heavy atom. The molecule has 0 aromatic heterocycles. The van der Waals surface area contributed by atoms with Gasteiger partial charge < -0.3 is 14.7 Å². The van der Waals surface area contributed by atoms with E-state index in [2.05, 4.69) is 16.6 Å². The zero-order chi connectivity index (χ0) is 12.4. The maximum Gasteiger partial charge on any atom is 0.305 e. The third-order valence-corrected chi connectivity index (χ3v) is 2.58. The minimum atomic E-state index is -0.439. The molecule has 96 valence electrons. The number of aliphatic hydroxyl groups excluding tert-OH is 1. The molecule has 0 aliphatic heterocycles. The number of esters is 1. The van der Waals surface area contributed by atoms with Gasteiger partial charge in [0.2, 0.25) is 0 Å². The quantitative estimate of drug-likeness (QED) is 0.481. The molecule has 0 saturated carbocycles. The lowest BCUT2D eigenvalue weighted by molar-refractivity contribution is -0.141. The fraction of sp³-hybridized carbons (Fsp3) is 0.917. The molecule has 16 heavy (non-hydrogen) atoms. The number of nitrogens with zero attached hydrogens (tertiary/aromatic N) is 1. The maximum atomic E-state index is 10.9. The van der Waals surface area contributed by atoms with Crippen LogP contribution in [-0.4, -0.2) is 49.3 Å². The SMILES string of the molecule is CCCCCN(C)CC(O)CCC(=O)OC. The van der Waals surface area contributed by atoms with E-state index in [1.165, 1.54) is 20.0 Å². The summed E-state index contributed by atoms with van der Waals surface area (Å²) in [7, 11) is 3.36. The molecular weight excluding hydrogens is 206 g/mol. The van der Waals surface area contributed by atoms with Gasteiger partial charge in [0.05, 0.1) is 13.2 Å². The summed E-state index contributed by atoms with van der Waals surface area (Å²) in [6.45, 7) is 3.80.